The molecule has 0 amide bonds. The van der Waals surface area contributed by atoms with E-state index >= 15 is 0 Å². The number of hydrogen-bond acceptors (Lipinski definition) is 3. The van der Waals surface area contributed by atoms with Gasteiger partial charge >= 0.3 is 0 Å². The van der Waals surface area contributed by atoms with Crippen LogP contribution in [0.15, 0.2) is 18.2 Å². The van der Waals surface area contributed by atoms with Crippen molar-refractivity contribution in [2.24, 2.45) is 5.92 Å². The van der Waals surface area contributed by atoms with E-state index in [2.05, 4.69) is 35.3 Å². The average molecular weight is 316 g/mol. The van der Waals surface area contributed by atoms with E-state index in [1.807, 2.05) is 0 Å². The smallest absolute Gasteiger partial charge is 0.122 e. The van der Waals surface area contributed by atoms with E-state index in [1.165, 1.54) is 69.4 Å². The van der Waals surface area contributed by atoms with Crippen LogP contribution in [0.3, 0.4) is 0 Å². The number of piperidine rings is 1. The molecular formula is C20H32N2O. The maximum absolute atomic E-state index is 5.56. The van der Waals surface area contributed by atoms with Gasteiger partial charge in [0, 0.05) is 12.6 Å². The second kappa shape index (κ2) is 8.16. The average Bonchev–Trinajstić information content (AvgIpc) is 2.61. The van der Waals surface area contributed by atoms with Gasteiger partial charge in [-0.15, -0.1) is 0 Å². The minimum atomic E-state index is 0.712. The number of benzene rings is 1. The zero-order chi connectivity index (χ0) is 16.1. The van der Waals surface area contributed by atoms with Gasteiger partial charge in [0.1, 0.15) is 5.75 Å². The van der Waals surface area contributed by atoms with Gasteiger partial charge in [0.15, 0.2) is 0 Å². The van der Waals surface area contributed by atoms with E-state index in [0.717, 1.165) is 18.1 Å². The lowest BCUT2D eigenvalue weighted by Gasteiger charge is -2.38. The predicted molar refractivity (Wildman–Crippen MR) is 96.3 cm³/mol. The summed E-state index contributed by atoms with van der Waals surface area (Å²) in [5.41, 5.74) is 2.96. The lowest BCUT2D eigenvalue weighted by Crippen LogP contribution is -2.44. The summed E-state index contributed by atoms with van der Waals surface area (Å²) in [4.78, 5) is 2.79. The third-order valence-electron chi connectivity index (χ3n) is 5.61. The first kappa shape index (κ1) is 16.8. The summed E-state index contributed by atoms with van der Waals surface area (Å²) >= 11 is 0. The highest BCUT2D eigenvalue weighted by molar-refractivity contribution is 5.42. The Kier molecular flexibility index (Phi) is 5.96. The molecule has 0 radical (unpaired) electrons. The van der Waals surface area contributed by atoms with Gasteiger partial charge in [0.25, 0.3) is 0 Å². The molecule has 1 aromatic rings. The summed E-state index contributed by atoms with van der Waals surface area (Å²) in [6, 6.07) is 7.28. The van der Waals surface area contributed by atoms with Crippen LogP contribution in [-0.4, -0.2) is 44.2 Å². The zero-order valence-electron chi connectivity index (χ0n) is 14.8. The zero-order valence-corrected chi connectivity index (χ0v) is 14.8. The number of hydrogen-bond donors (Lipinski definition) is 1. The molecule has 3 nitrogen and oxygen atoms in total. The molecule has 23 heavy (non-hydrogen) atoms. The van der Waals surface area contributed by atoms with E-state index in [9.17, 15) is 0 Å². The molecule has 1 aliphatic heterocycles. The quantitative estimate of drug-likeness (QED) is 0.872. The van der Waals surface area contributed by atoms with Crippen LogP contribution in [0.25, 0.3) is 0 Å². The van der Waals surface area contributed by atoms with E-state index in [-0.39, 0.29) is 0 Å². The maximum atomic E-state index is 5.56. The van der Waals surface area contributed by atoms with Gasteiger partial charge in [-0.25, -0.2) is 0 Å². The van der Waals surface area contributed by atoms with Crippen molar-refractivity contribution >= 4 is 0 Å². The van der Waals surface area contributed by atoms with Crippen molar-refractivity contribution < 1.29 is 4.74 Å². The number of methoxy groups -OCH3 is 1. The Balaban J connectivity index is 1.68. The minimum absolute atomic E-state index is 0.712. The predicted octanol–water partition coefficient (Wildman–Crippen LogP) is 3.26. The SMILES string of the molecule is CCCN(CC1CCNCC1)[C@@H]1CCc2c(cccc2OC)C1. The van der Waals surface area contributed by atoms with Crippen molar-refractivity contribution in [3.05, 3.63) is 29.3 Å². The maximum Gasteiger partial charge on any atom is 0.122 e. The fourth-order valence-electron chi connectivity index (χ4n) is 4.36. The van der Waals surface area contributed by atoms with Crippen molar-refractivity contribution in [2.45, 2.75) is 51.5 Å². The molecule has 0 bridgehead atoms. The molecule has 1 heterocycles. The molecule has 0 unspecified atom stereocenters. The topological polar surface area (TPSA) is 24.5 Å². The summed E-state index contributed by atoms with van der Waals surface area (Å²) in [6.45, 7) is 7.26. The Hall–Kier alpha value is -1.06. The van der Waals surface area contributed by atoms with Gasteiger partial charge in [-0.2, -0.15) is 0 Å². The number of nitrogens with zero attached hydrogens (tertiary/aromatic N) is 1. The molecule has 0 aromatic heterocycles. The number of fused-ring (bicyclic) bond motifs is 1. The highest BCUT2D eigenvalue weighted by Crippen LogP contribution is 2.32. The van der Waals surface area contributed by atoms with Crippen LogP contribution >= 0.6 is 0 Å². The lowest BCUT2D eigenvalue weighted by atomic mass is 9.86. The Morgan fingerprint density at radius 2 is 2.04 bits per heavy atom. The second-order valence-corrected chi connectivity index (χ2v) is 7.18. The molecule has 1 saturated heterocycles. The fourth-order valence-corrected chi connectivity index (χ4v) is 4.36. The standard InChI is InChI=1S/C20H32N2O/c1-3-13-22(15-16-9-11-21-12-10-16)18-7-8-19-17(14-18)5-4-6-20(19)23-2/h4-6,16,18,21H,3,7-15H2,1-2H3/t18-/m1/s1. The van der Waals surface area contributed by atoms with Crippen LogP contribution in [0.5, 0.6) is 5.75 Å². The Morgan fingerprint density at radius 3 is 2.78 bits per heavy atom. The van der Waals surface area contributed by atoms with Crippen molar-refractivity contribution in [1.29, 1.82) is 0 Å². The van der Waals surface area contributed by atoms with Crippen LogP contribution in [-0.2, 0) is 12.8 Å². The Bertz CT molecular complexity index is 496. The molecule has 128 valence electrons. The molecule has 2 aliphatic rings. The van der Waals surface area contributed by atoms with Gasteiger partial charge < -0.3 is 10.1 Å². The van der Waals surface area contributed by atoms with E-state index < -0.39 is 0 Å². The van der Waals surface area contributed by atoms with Crippen molar-refractivity contribution in [2.75, 3.05) is 33.3 Å². The Morgan fingerprint density at radius 1 is 1.22 bits per heavy atom. The fraction of sp³-hybridized carbons (Fsp3) is 0.700. The largest absolute Gasteiger partial charge is 0.496 e. The van der Waals surface area contributed by atoms with Crippen molar-refractivity contribution in [3.8, 4) is 5.75 Å². The van der Waals surface area contributed by atoms with Gasteiger partial charge in [0.05, 0.1) is 7.11 Å². The van der Waals surface area contributed by atoms with Crippen LogP contribution in [0.2, 0.25) is 0 Å². The van der Waals surface area contributed by atoms with E-state index in [1.54, 1.807) is 7.11 Å². The number of rotatable bonds is 6. The molecule has 1 N–H and O–H groups in total. The molecule has 3 rings (SSSR count). The molecule has 0 saturated carbocycles. The highest BCUT2D eigenvalue weighted by atomic mass is 16.5. The van der Waals surface area contributed by atoms with Crippen LogP contribution in [0, 0.1) is 5.92 Å². The van der Waals surface area contributed by atoms with Crippen LogP contribution in [0.1, 0.15) is 43.7 Å². The molecular weight excluding hydrogens is 284 g/mol. The van der Waals surface area contributed by atoms with Gasteiger partial charge in [-0.3, -0.25) is 4.90 Å². The van der Waals surface area contributed by atoms with E-state index in [0.29, 0.717) is 6.04 Å². The number of ether oxygens (including phenoxy) is 1. The normalized spacial score (nSPS) is 22.1. The first-order valence-corrected chi connectivity index (χ1v) is 9.41. The highest BCUT2D eigenvalue weighted by Gasteiger charge is 2.27. The summed E-state index contributed by atoms with van der Waals surface area (Å²) in [5.74, 6) is 1.97. The Labute approximate surface area is 141 Å². The van der Waals surface area contributed by atoms with E-state index in [4.69, 9.17) is 4.74 Å². The monoisotopic (exact) mass is 316 g/mol. The molecule has 1 atom stereocenters. The lowest BCUT2D eigenvalue weighted by molar-refractivity contribution is 0.139. The van der Waals surface area contributed by atoms with Crippen LogP contribution in [0.4, 0.5) is 0 Å². The first-order valence-electron chi connectivity index (χ1n) is 9.41. The summed E-state index contributed by atoms with van der Waals surface area (Å²) in [7, 11) is 1.79. The first-order chi connectivity index (χ1) is 11.3. The summed E-state index contributed by atoms with van der Waals surface area (Å²) < 4.78 is 5.56. The molecule has 3 heteroatoms. The molecule has 1 fully saturated rings. The van der Waals surface area contributed by atoms with Gasteiger partial charge in [-0.1, -0.05) is 19.1 Å². The van der Waals surface area contributed by atoms with Crippen molar-refractivity contribution in [1.82, 2.24) is 10.2 Å². The minimum Gasteiger partial charge on any atom is -0.496 e. The van der Waals surface area contributed by atoms with Crippen molar-refractivity contribution in [3.63, 3.8) is 0 Å². The molecule has 1 aliphatic carbocycles. The van der Waals surface area contributed by atoms with Crippen LogP contribution < -0.4 is 10.1 Å². The summed E-state index contributed by atoms with van der Waals surface area (Å²) in [6.07, 6.45) is 7.58. The molecule has 0 spiro atoms. The second-order valence-electron chi connectivity index (χ2n) is 7.18. The van der Waals surface area contributed by atoms with Gasteiger partial charge in [-0.05, 0) is 81.3 Å². The number of nitrogens with one attached hydrogen (secondary N) is 1. The van der Waals surface area contributed by atoms with Gasteiger partial charge in [0.2, 0.25) is 0 Å². The third-order valence-corrected chi connectivity index (χ3v) is 5.61. The summed E-state index contributed by atoms with van der Waals surface area (Å²) in [5, 5.41) is 3.49. The molecule has 1 aromatic carbocycles. The third kappa shape index (κ3) is 4.07.